The van der Waals surface area contributed by atoms with Crippen molar-refractivity contribution in [2.75, 3.05) is 0 Å². The number of benzene rings is 1. The zero-order chi connectivity index (χ0) is 11.5. The maximum atomic E-state index is 6.27. The van der Waals surface area contributed by atoms with Crippen molar-refractivity contribution in [1.82, 2.24) is 0 Å². The molecule has 1 aromatic heterocycles. The van der Waals surface area contributed by atoms with Crippen molar-refractivity contribution >= 4 is 50.0 Å². The Balaban J connectivity index is 2.28. The second-order valence-electron chi connectivity index (χ2n) is 3.09. The lowest BCUT2D eigenvalue weighted by atomic mass is 10.2. The quantitative estimate of drug-likeness (QED) is 0.382. The molecule has 1 aromatic carbocycles. The molecule has 6 heteroatoms. The summed E-state index contributed by atoms with van der Waals surface area (Å²) in [5.41, 5.74) is 5.51. The van der Waals surface area contributed by atoms with Gasteiger partial charge in [-0.3, -0.25) is 0 Å². The molecule has 2 rings (SSSR count). The first-order chi connectivity index (χ1) is 7.72. The molecule has 0 saturated heterocycles. The minimum atomic E-state index is 0.369. The number of thiophene rings is 1. The van der Waals surface area contributed by atoms with Crippen molar-refractivity contribution in [1.29, 1.82) is 0 Å². The molecule has 0 aliphatic heterocycles. The molecule has 0 aliphatic carbocycles. The van der Waals surface area contributed by atoms with Crippen LogP contribution in [0.4, 0.5) is 0 Å². The molecule has 0 amide bonds. The molecule has 1 heterocycles. The van der Waals surface area contributed by atoms with Gasteiger partial charge in [0.1, 0.15) is 0 Å². The molecule has 0 radical (unpaired) electrons. The molecular formula is C10H10ClN3S2. The first-order valence-corrected chi connectivity index (χ1v) is 6.72. The Bertz CT molecular complexity index is 536. The normalized spacial score (nSPS) is 12.2. The average Bonchev–Trinajstić information content (AvgIpc) is 2.64. The molecule has 4 N–H and O–H groups in total. The summed E-state index contributed by atoms with van der Waals surface area (Å²) in [5, 5.41) is 5.67. The third-order valence-corrected chi connectivity index (χ3v) is 4.81. The predicted molar refractivity (Wildman–Crippen MR) is 73.9 cm³/mol. The first-order valence-electron chi connectivity index (χ1n) is 4.54. The molecule has 3 nitrogen and oxygen atoms in total. The Morgan fingerprint density at radius 1 is 1.44 bits per heavy atom. The number of thioether (sulfide) groups is 1. The van der Waals surface area contributed by atoms with E-state index in [1.54, 1.807) is 11.3 Å². The molecule has 0 spiro atoms. The Morgan fingerprint density at radius 2 is 2.19 bits per heavy atom. The smallest absolute Gasteiger partial charge is 0.177 e. The van der Waals surface area contributed by atoms with E-state index in [0.29, 0.717) is 10.9 Å². The predicted octanol–water partition coefficient (Wildman–Crippen LogP) is 2.98. The summed E-state index contributed by atoms with van der Waals surface area (Å²) in [6.45, 7) is 0. The zero-order valence-electron chi connectivity index (χ0n) is 8.31. The van der Waals surface area contributed by atoms with E-state index in [-0.39, 0.29) is 0 Å². The highest BCUT2D eigenvalue weighted by molar-refractivity contribution is 8.13. The fraction of sp³-hybridized carbons (Fsp3) is 0.100. The van der Waals surface area contributed by atoms with Crippen molar-refractivity contribution in [3.05, 3.63) is 34.2 Å². The maximum Gasteiger partial charge on any atom is 0.177 e. The Labute approximate surface area is 106 Å². The largest absolute Gasteiger partial charge is 0.377 e. The van der Waals surface area contributed by atoms with Gasteiger partial charge in [-0.1, -0.05) is 41.6 Å². The molecule has 0 bridgehead atoms. The summed E-state index contributed by atoms with van der Waals surface area (Å²) in [5.74, 6) is 5.76. The fourth-order valence-electron chi connectivity index (χ4n) is 1.33. The number of hydrazone groups is 1. The first kappa shape index (κ1) is 11.6. The van der Waals surface area contributed by atoms with Crippen LogP contribution >= 0.6 is 34.7 Å². The number of hydrogen-bond acceptors (Lipinski definition) is 4. The lowest BCUT2D eigenvalue weighted by Gasteiger charge is -1.97. The van der Waals surface area contributed by atoms with E-state index in [4.69, 9.17) is 23.2 Å². The number of fused-ring (bicyclic) bond motifs is 1. The molecule has 0 saturated carbocycles. The highest BCUT2D eigenvalue weighted by atomic mass is 35.5. The van der Waals surface area contributed by atoms with Crippen LogP contribution in [0.25, 0.3) is 10.1 Å². The number of nitrogens with two attached hydrogens (primary N) is 2. The Morgan fingerprint density at radius 3 is 2.88 bits per heavy atom. The van der Waals surface area contributed by atoms with Gasteiger partial charge in [0.15, 0.2) is 5.17 Å². The van der Waals surface area contributed by atoms with E-state index >= 15 is 0 Å². The molecule has 0 fully saturated rings. The van der Waals surface area contributed by atoms with E-state index in [2.05, 4.69) is 11.2 Å². The number of halogens is 1. The SMILES string of the molecule is NN=C(N)SCc1sc2ccccc2c1Cl. The molecule has 2 aromatic rings. The average molecular weight is 272 g/mol. The van der Waals surface area contributed by atoms with E-state index in [0.717, 1.165) is 15.3 Å². The second-order valence-corrected chi connectivity index (χ2v) is 5.60. The minimum Gasteiger partial charge on any atom is -0.377 e. The van der Waals surface area contributed by atoms with Crippen molar-refractivity contribution in [3.8, 4) is 0 Å². The third kappa shape index (κ3) is 2.26. The number of nitrogens with zero attached hydrogens (tertiary/aromatic N) is 1. The van der Waals surface area contributed by atoms with Crippen LogP contribution in [0.3, 0.4) is 0 Å². The number of hydrogen-bond donors (Lipinski definition) is 2. The second kappa shape index (κ2) is 4.95. The summed E-state index contributed by atoms with van der Waals surface area (Å²) in [6.07, 6.45) is 0. The molecule has 0 atom stereocenters. The van der Waals surface area contributed by atoms with E-state index in [9.17, 15) is 0 Å². The van der Waals surface area contributed by atoms with E-state index in [1.165, 1.54) is 16.5 Å². The van der Waals surface area contributed by atoms with Crippen LogP contribution < -0.4 is 11.6 Å². The van der Waals surface area contributed by atoms with Gasteiger partial charge in [0, 0.05) is 20.7 Å². The van der Waals surface area contributed by atoms with E-state index in [1.807, 2.05) is 18.2 Å². The van der Waals surface area contributed by atoms with Crippen LogP contribution in [0.2, 0.25) is 5.02 Å². The van der Waals surface area contributed by atoms with Crippen LogP contribution in [-0.4, -0.2) is 5.17 Å². The third-order valence-electron chi connectivity index (χ3n) is 2.08. The fourth-order valence-corrected chi connectivity index (χ4v) is 3.62. The number of rotatable bonds is 2. The molecular weight excluding hydrogens is 262 g/mol. The minimum absolute atomic E-state index is 0.369. The standard InChI is InChI=1S/C10H10ClN3S2/c11-9-6-3-1-2-4-7(6)16-8(9)5-15-10(12)14-13/h1-4H,5,13H2,(H2,12,14). The van der Waals surface area contributed by atoms with E-state index < -0.39 is 0 Å². The van der Waals surface area contributed by atoms with Crippen molar-refractivity contribution in [2.24, 2.45) is 16.7 Å². The van der Waals surface area contributed by atoms with Crippen LogP contribution in [0.5, 0.6) is 0 Å². The zero-order valence-corrected chi connectivity index (χ0v) is 10.7. The molecule has 84 valence electrons. The van der Waals surface area contributed by atoms with Crippen LogP contribution in [0, 0.1) is 0 Å². The van der Waals surface area contributed by atoms with Gasteiger partial charge in [-0.15, -0.1) is 11.3 Å². The van der Waals surface area contributed by atoms with Gasteiger partial charge in [0.05, 0.1) is 5.02 Å². The highest BCUT2D eigenvalue weighted by Crippen LogP contribution is 2.37. The Hall–Kier alpha value is -0.910. The topological polar surface area (TPSA) is 64.4 Å². The maximum absolute atomic E-state index is 6.27. The summed E-state index contributed by atoms with van der Waals surface area (Å²) >= 11 is 9.33. The van der Waals surface area contributed by atoms with Crippen LogP contribution in [0.1, 0.15) is 4.88 Å². The molecule has 16 heavy (non-hydrogen) atoms. The van der Waals surface area contributed by atoms with Gasteiger partial charge in [-0.25, -0.2) is 0 Å². The molecule has 0 unspecified atom stereocenters. The van der Waals surface area contributed by atoms with Crippen LogP contribution in [0.15, 0.2) is 29.4 Å². The van der Waals surface area contributed by atoms with Gasteiger partial charge in [-0.05, 0) is 6.07 Å². The van der Waals surface area contributed by atoms with Crippen LogP contribution in [-0.2, 0) is 5.75 Å². The monoisotopic (exact) mass is 271 g/mol. The number of amidine groups is 1. The van der Waals surface area contributed by atoms with Crippen molar-refractivity contribution in [3.63, 3.8) is 0 Å². The van der Waals surface area contributed by atoms with Gasteiger partial charge in [0.2, 0.25) is 0 Å². The van der Waals surface area contributed by atoms with Crippen molar-refractivity contribution < 1.29 is 0 Å². The Kier molecular flexibility index (Phi) is 3.58. The summed E-state index contributed by atoms with van der Waals surface area (Å²) in [4.78, 5) is 1.10. The highest BCUT2D eigenvalue weighted by Gasteiger charge is 2.10. The lowest BCUT2D eigenvalue weighted by molar-refractivity contribution is 1.25. The summed E-state index contributed by atoms with van der Waals surface area (Å²) in [7, 11) is 0. The van der Waals surface area contributed by atoms with Gasteiger partial charge in [-0.2, -0.15) is 5.10 Å². The lowest BCUT2D eigenvalue weighted by Crippen LogP contribution is -2.09. The van der Waals surface area contributed by atoms with Gasteiger partial charge in [0.25, 0.3) is 0 Å². The summed E-state index contributed by atoms with van der Waals surface area (Å²) < 4.78 is 1.19. The summed E-state index contributed by atoms with van der Waals surface area (Å²) in [6, 6.07) is 8.05. The van der Waals surface area contributed by atoms with Crippen molar-refractivity contribution in [2.45, 2.75) is 5.75 Å². The molecule has 0 aliphatic rings. The van der Waals surface area contributed by atoms with Gasteiger partial charge >= 0.3 is 0 Å². The van der Waals surface area contributed by atoms with Gasteiger partial charge < -0.3 is 11.6 Å².